The molecule has 0 unspecified atom stereocenters. The fourth-order valence-electron chi connectivity index (χ4n) is 1.37. The van der Waals surface area contributed by atoms with Crippen molar-refractivity contribution in [2.24, 2.45) is 0 Å². The van der Waals surface area contributed by atoms with E-state index in [4.69, 9.17) is 0 Å². The molecule has 0 fully saturated rings. The number of hydrogen-bond donors (Lipinski definition) is 2. The van der Waals surface area contributed by atoms with Gasteiger partial charge in [0.25, 0.3) is 0 Å². The molecule has 0 aromatic heterocycles. The van der Waals surface area contributed by atoms with Crippen LogP contribution in [0.15, 0.2) is 0 Å². The minimum Gasteiger partial charge on any atom is -1.00 e. The minimum atomic E-state index is -0.830. The molecule has 2 N–H and O–H groups in total. The summed E-state index contributed by atoms with van der Waals surface area (Å²) in [6.07, 6.45) is 7.49. The van der Waals surface area contributed by atoms with Crippen LogP contribution in [0.5, 0.6) is 0 Å². The van der Waals surface area contributed by atoms with Crippen LogP contribution in [0.1, 0.15) is 65.2 Å². The van der Waals surface area contributed by atoms with Crippen molar-refractivity contribution in [3.63, 3.8) is 0 Å². The van der Waals surface area contributed by atoms with Crippen molar-refractivity contribution in [2.75, 3.05) is 0 Å². The Bertz CT molecular complexity index is 213. The number of carbonyl (C=O) groups excluding carboxylic acids is 2. The van der Waals surface area contributed by atoms with Gasteiger partial charge in [-0.15, -0.1) is 0 Å². The van der Waals surface area contributed by atoms with Crippen LogP contribution >= 0.6 is 0 Å². The third-order valence-electron chi connectivity index (χ3n) is 2.42. The van der Waals surface area contributed by atoms with Crippen molar-refractivity contribution in [3.05, 3.63) is 0 Å². The fraction of sp³-hybridized carbons (Fsp3) is 0.833. The first-order chi connectivity index (χ1) is 8.20. The summed E-state index contributed by atoms with van der Waals surface area (Å²) >= 11 is -0.830. The Hall–Kier alpha value is 0.524. The first-order valence-electron chi connectivity index (χ1n) is 6.53. The molecule has 0 bridgehead atoms. The zero-order valence-electron chi connectivity index (χ0n) is 12.1. The summed E-state index contributed by atoms with van der Waals surface area (Å²) in [6, 6.07) is 0. The Kier molecular flexibility index (Phi) is 31.3. The molecular formula is C12H24Cl3N2O2Ti. The van der Waals surface area contributed by atoms with Crippen LogP contribution in [-0.2, 0) is 29.3 Å². The van der Waals surface area contributed by atoms with E-state index in [0.29, 0.717) is 12.8 Å². The molecule has 0 spiro atoms. The number of halogens is 3. The van der Waals surface area contributed by atoms with Gasteiger partial charge in [-0.3, -0.25) is 0 Å². The number of hydrogen-bond acceptors (Lipinski definition) is 2. The Morgan fingerprint density at radius 3 is 1.40 bits per heavy atom. The largest absolute Gasteiger partial charge is 1.00 e. The van der Waals surface area contributed by atoms with Gasteiger partial charge in [0.2, 0.25) is 0 Å². The van der Waals surface area contributed by atoms with E-state index in [1.54, 1.807) is 0 Å². The van der Waals surface area contributed by atoms with Crippen LogP contribution in [-0.4, -0.2) is 11.8 Å². The average Bonchev–Trinajstić information content (AvgIpc) is 2.30. The molecule has 0 rings (SSSR count). The number of nitrogens with one attached hydrogen (secondary N) is 2. The monoisotopic (exact) mass is 381 g/mol. The maximum atomic E-state index is 11.3. The van der Waals surface area contributed by atoms with E-state index < -0.39 is 19.7 Å². The Balaban J connectivity index is -0.000000427. The van der Waals surface area contributed by atoms with E-state index in [-0.39, 0.29) is 49.0 Å². The molecule has 0 aliphatic heterocycles. The van der Waals surface area contributed by atoms with Gasteiger partial charge in [-0.25, -0.2) is 0 Å². The molecular weight excluding hydrogens is 358 g/mol. The van der Waals surface area contributed by atoms with Crippen molar-refractivity contribution in [1.29, 1.82) is 0 Å². The second kappa shape index (κ2) is 21.8. The van der Waals surface area contributed by atoms with Gasteiger partial charge in [0.15, 0.2) is 0 Å². The Labute approximate surface area is 150 Å². The Morgan fingerprint density at radius 2 is 1.10 bits per heavy atom. The number of unbranched alkanes of at least 4 members (excludes halogenated alkanes) is 4. The normalized spacial score (nSPS) is 8.10. The van der Waals surface area contributed by atoms with E-state index in [1.165, 1.54) is 0 Å². The van der Waals surface area contributed by atoms with Crippen LogP contribution in [0.3, 0.4) is 0 Å². The summed E-state index contributed by atoms with van der Waals surface area (Å²) in [4.78, 5) is 22.7. The molecule has 0 heterocycles. The zero-order valence-corrected chi connectivity index (χ0v) is 15.9. The predicted molar refractivity (Wildman–Crippen MR) is 64.6 cm³/mol. The summed E-state index contributed by atoms with van der Waals surface area (Å²) in [5, 5.41) is 0. The van der Waals surface area contributed by atoms with Crippen LogP contribution in [0, 0.1) is 0 Å². The molecule has 0 aromatic carbocycles. The quantitative estimate of drug-likeness (QED) is 0.292. The first kappa shape index (κ1) is 28.7. The SMILES string of the molecule is CCCCCC(=O)[NH][Ti+3][NH]C(=O)CCCCC.[Cl-].[Cl-].[Cl-]. The van der Waals surface area contributed by atoms with Crippen LogP contribution in [0.25, 0.3) is 0 Å². The van der Waals surface area contributed by atoms with Gasteiger partial charge in [-0.1, -0.05) is 0 Å². The van der Waals surface area contributed by atoms with Gasteiger partial charge in [0.05, 0.1) is 0 Å². The number of rotatable bonds is 10. The van der Waals surface area contributed by atoms with Gasteiger partial charge in [-0.2, -0.15) is 0 Å². The topological polar surface area (TPSA) is 58.2 Å². The maximum absolute atomic E-state index is 11.3. The van der Waals surface area contributed by atoms with Crippen LogP contribution in [0.4, 0.5) is 0 Å². The molecule has 0 aliphatic carbocycles. The van der Waals surface area contributed by atoms with E-state index in [1.807, 2.05) is 0 Å². The summed E-state index contributed by atoms with van der Waals surface area (Å²) < 4.78 is 5.63. The fourth-order valence-corrected chi connectivity index (χ4v) is 2.29. The summed E-state index contributed by atoms with van der Waals surface area (Å²) in [7, 11) is 0. The second-order valence-electron chi connectivity index (χ2n) is 4.14. The molecule has 0 saturated heterocycles. The molecule has 0 aromatic rings. The third kappa shape index (κ3) is 20.8. The summed E-state index contributed by atoms with van der Waals surface area (Å²) in [5.74, 6) is 0.152. The average molecular weight is 383 g/mol. The third-order valence-corrected chi connectivity index (χ3v) is 3.68. The molecule has 20 heavy (non-hydrogen) atoms. The van der Waals surface area contributed by atoms with Gasteiger partial charge >= 0.3 is 114 Å². The van der Waals surface area contributed by atoms with Crippen LogP contribution in [0.2, 0.25) is 0 Å². The first-order valence-corrected chi connectivity index (χ1v) is 8.09. The van der Waals surface area contributed by atoms with Crippen molar-refractivity contribution >= 4 is 11.8 Å². The standard InChI is InChI=1S/2C6H13NO.3ClH.Ti/c2*1-2-3-4-5-6(7)8;;;;/h2*2-5H2,1H3,(H2,7,8);3*1H;/q;;;;;+5/p-5. The number of carbonyl (C=O) groups is 2. The van der Waals surface area contributed by atoms with E-state index in [0.717, 1.165) is 38.5 Å². The number of amides is 2. The second-order valence-corrected chi connectivity index (χ2v) is 5.31. The molecule has 0 atom stereocenters. The van der Waals surface area contributed by atoms with Crippen LogP contribution < -0.4 is 44.8 Å². The molecule has 4 nitrogen and oxygen atoms in total. The van der Waals surface area contributed by atoms with Gasteiger partial charge in [0.1, 0.15) is 0 Å². The van der Waals surface area contributed by atoms with Gasteiger partial charge < -0.3 is 37.2 Å². The molecule has 0 saturated carbocycles. The van der Waals surface area contributed by atoms with Crippen molar-refractivity contribution in [3.8, 4) is 0 Å². The zero-order chi connectivity index (χ0) is 12.9. The molecule has 0 aliphatic rings. The van der Waals surface area contributed by atoms with E-state index in [2.05, 4.69) is 21.4 Å². The molecule has 0 radical (unpaired) electrons. The molecule has 2 amide bonds. The maximum Gasteiger partial charge on any atom is -1.00 e. The molecule has 8 heteroatoms. The van der Waals surface area contributed by atoms with Crippen molar-refractivity contribution in [2.45, 2.75) is 65.2 Å². The minimum absolute atomic E-state index is 0. The van der Waals surface area contributed by atoms with E-state index >= 15 is 0 Å². The van der Waals surface area contributed by atoms with Gasteiger partial charge in [-0.05, 0) is 0 Å². The van der Waals surface area contributed by atoms with Crippen molar-refractivity contribution < 1.29 is 66.5 Å². The van der Waals surface area contributed by atoms with Crippen molar-refractivity contribution in [1.82, 2.24) is 7.60 Å². The predicted octanol–water partition coefficient (Wildman–Crippen LogP) is -6.70. The summed E-state index contributed by atoms with van der Waals surface area (Å²) in [5.41, 5.74) is 0. The smallest absolute Gasteiger partial charge is 1.00 e. The Morgan fingerprint density at radius 1 is 0.750 bits per heavy atom. The summed E-state index contributed by atoms with van der Waals surface area (Å²) in [6.45, 7) is 4.23. The molecule has 119 valence electrons. The van der Waals surface area contributed by atoms with Gasteiger partial charge in [0, 0.05) is 0 Å². The van der Waals surface area contributed by atoms with E-state index in [9.17, 15) is 9.59 Å².